The van der Waals surface area contributed by atoms with Crippen molar-refractivity contribution in [2.24, 2.45) is 5.92 Å². The number of piperazine rings is 1. The number of rotatable bonds is 8. The van der Waals surface area contributed by atoms with Gasteiger partial charge in [-0.15, -0.1) is 0 Å². The molecule has 1 saturated heterocycles. The molecule has 1 N–H and O–H groups in total. The van der Waals surface area contributed by atoms with E-state index in [9.17, 15) is 0 Å². The maximum atomic E-state index is 3.52. The number of nitrogens with zero attached hydrogens (tertiary/aromatic N) is 2. The largest absolute Gasteiger partial charge is 0.316 e. The quantitative estimate of drug-likeness (QED) is 0.670. The minimum atomic E-state index is 0.760. The molecule has 1 fully saturated rings. The molecule has 0 bridgehead atoms. The van der Waals surface area contributed by atoms with Crippen LogP contribution < -0.4 is 5.32 Å². The molecule has 0 saturated carbocycles. The number of nitrogens with one attached hydrogen (secondary N) is 1. The molecule has 1 heterocycles. The molecule has 0 radical (unpaired) electrons. The van der Waals surface area contributed by atoms with E-state index in [1.807, 2.05) is 0 Å². The average Bonchev–Trinajstić information content (AvgIpc) is 2.39. The topological polar surface area (TPSA) is 18.5 Å². The zero-order valence-electron chi connectivity index (χ0n) is 12.9. The maximum absolute atomic E-state index is 3.52. The summed E-state index contributed by atoms with van der Waals surface area (Å²) in [6.07, 6.45) is 2.51. The predicted octanol–water partition coefficient (Wildman–Crippen LogP) is 2.04. The average molecular weight is 255 g/mol. The zero-order chi connectivity index (χ0) is 13.4. The highest BCUT2D eigenvalue weighted by atomic mass is 15.3. The normalized spacial score (nSPS) is 22.0. The third-order valence-corrected chi connectivity index (χ3v) is 4.11. The van der Waals surface area contributed by atoms with Gasteiger partial charge >= 0.3 is 0 Å². The molecule has 0 amide bonds. The summed E-state index contributed by atoms with van der Waals surface area (Å²) >= 11 is 0. The van der Waals surface area contributed by atoms with Gasteiger partial charge in [0.05, 0.1) is 0 Å². The van der Waals surface area contributed by atoms with Crippen LogP contribution in [-0.4, -0.2) is 61.7 Å². The summed E-state index contributed by atoms with van der Waals surface area (Å²) < 4.78 is 0. The molecule has 0 aromatic carbocycles. The van der Waals surface area contributed by atoms with E-state index in [0.717, 1.165) is 18.5 Å². The zero-order valence-corrected chi connectivity index (χ0v) is 12.9. The molecule has 1 aliphatic heterocycles. The van der Waals surface area contributed by atoms with Gasteiger partial charge in [0.25, 0.3) is 0 Å². The van der Waals surface area contributed by atoms with Gasteiger partial charge in [0.15, 0.2) is 0 Å². The van der Waals surface area contributed by atoms with Crippen LogP contribution in [0.15, 0.2) is 0 Å². The van der Waals surface area contributed by atoms with Crippen LogP contribution in [0.5, 0.6) is 0 Å². The van der Waals surface area contributed by atoms with Gasteiger partial charge in [-0.1, -0.05) is 20.8 Å². The monoisotopic (exact) mass is 255 g/mol. The molecule has 18 heavy (non-hydrogen) atoms. The third kappa shape index (κ3) is 5.68. The van der Waals surface area contributed by atoms with Crippen LogP contribution in [0.1, 0.15) is 40.5 Å². The first-order chi connectivity index (χ1) is 8.67. The smallest absolute Gasteiger partial charge is 0.0113 e. The lowest BCUT2D eigenvalue weighted by atomic mass is 10.1. The van der Waals surface area contributed by atoms with Crippen molar-refractivity contribution in [3.63, 3.8) is 0 Å². The summed E-state index contributed by atoms with van der Waals surface area (Å²) in [7, 11) is 0. The number of hydrogen-bond acceptors (Lipinski definition) is 3. The second-order valence-corrected chi connectivity index (χ2v) is 5.90. The SMILES string of the molecule is CCCNCC(C)CN1CCN(C(C)CC)CC1. The van der Waals surface area contributed by atoms with Gasteiger partial charge in [0, 0.05) is 38.8 Å². The van der Waals surface area contributed by atoms with Crippen LogP contribution in [0.25, 0.3) is 0 Å². The first-order valence-electron chi connectivity index (χ1n) is 7.84. The van der Waals surface area contributed by atoms with Gasteiger partial charge in [-0.2, -0.15) is 0 Å². The highest BCUT2D eigenvalue weighted by Gasteiger charge is 2.20. The van der Waals surface area contributed by atoms with Crippen molar-refractivity contribution in [1.82, 2.24) is 15.1 Å². The van der Waals surface area contributed by atoms with Gasteiger partial charge in [0.1, 0.15) is 0 Å². The molecule has 2 atom stereocenters. The van der Waals surface area contributed by atoms with E-state index in [1.54, 1.807) is 0 Å². The Balaban J connectivity index is 2.14. The molecule has 0 aromatic heterocycles. The highest BCUT2D eigenvalue weighted by molar-refractivity contribution is 4.76. The summed E-state index contributed by atoms with van der Waals surface area (Å²) in [5.74, 6) is 0.770. The van der Waals surface area contributed by atoms with Crippen molar-refractivity contribution in [1.29, 1.82) is 0 Å². The molecule has 0 aromatic rings. The van der Waals surface area contributed by atoms with Crippen LogP contribution in [0.4, 0.5) is 0 Å². The van der Waals surface area contributed by atoms with Crippen LogP contribution >= 0.6 is 0 Å². The minimum absolute atomic E-state index is 0.760. The van der Waals surface area contributed by atoms with Crippen molar-refractivity contribution < 1.29 is 0 Å². The van der Waals surface area contributed by atoms with Crippen LogP contribution in [0, 0.1) is 5.92 Å². The minimum Gasteiger partial charge on any atom is -0.316 e. The van der Waals surface area contributed by atoms with Gasteiger partial charge in [-0.3, -0.25) is 4.90 Å². The van der Waals surface area contributed by atoms with Crippen molar-refractivity contribution in [2.75, 3.05) is 45.8 Å². The fraction of sp³-hybridized carbons (Fsp3) is 1.00. The summed E-state index contributed by atoms with van der Waals surface area (Å²) in [4.78, 5) is 5.27. The third-order valence-electron chi connectivity index (χ3n) is 4.11. The molecule has 0 aliphatic carbocycles. The summed E-state index contributed by atoms with van der Waals surface area (Å²) in [6, 6.07) is 0.760. The van der Waals surface area contributed by atoms with Gasteiger partial charge in [-0.05, 0) is 38.8 Å². The lowest BCUT2D eigenvalue weighted by Gasteiger charge is -2.38. The van der Waals surface area contributed by atoms with E-state index < -0.39 is 0 Å². The van der Waals surface area contributed by atoms with Gasteiger partial charge in [0.2, 0.25) is 0 Å². The van der Waals surface area contributed by atoms with Crippen LogP contribution in [-0.2, 0) is 0 Å². The van der Waals surface area contributed by atoms with E-state index in [0.29, 0.717) is 0 Å². The Morgan fingerprint density at radius 3 is 2.28 bits per heavy atom. The Hall–Kier alpha value is -0.120. The van der Waals surface area contributed by atoms with Gasteiger partial charge in [-0.25, -0.2) is 0 Å². The van der Waals surface area contributed by atoms with Crippen LogP contribution in [0.3, 0.4) is 0 Å². The summed E-state index contributed by atoms with van der Waals surface area (Å²) in [5, 5.41) is 3.52. The van der Waals surface area contributed by atoms with E-state index >= 15 is 0 Å². The fourth-order valence-electron chi connectivity index (χ4n) is 2.68. The summed E-state index contributed by atoms with van der Waals surface area (Å²) in [6.45, 7) is 17.8. The Bertz CT molecular complexity index is 200. The Morgan fingerprint density at radius 2 is 1.72 bits per heavy atom. The van der Waals surface area contributed by atoms with E-state index in [4.69, 9.17) is 0 Å². The van der Waals surface area contributed by atoms with E-state index in [1.165, 1.54) is 52.1 Å². The molecular formula is C15H33N3. The maximum Gasteiger partial charge on any atom is 0.0113 e. The lowest BCUT2D eigenvalue weighted by Crippen LogP contribution is -2.50. The summed E-state index contributed by atoms with van der Waals surface area (Å²) in [5.41, 5.74) is 0. The molecular weight excluding hydrogens is 222 g/mol. The lowest BCUT2D eigenvalue weighted by molar-refractivity contribution is 0.0916. The van der Waals surface area contributed by atoms with Crippen LogP contribution in [0.2, 0.25) is 0 Å². The molecule has 2 unspecified atom stereocenters. The Morgan fingerprint density at radius 1 is 1.06 bits per heavy atom. The fourth-order valence-corrected chi connectivity index (χ4v) is 2.68. The van der Waals surface area contributed by atoms with Crippen molar-refractivity contribution in [3.8, 4) is 0 Å². The molecule has 108 valence electrons. The van der Waals surface area contributed by atoms with E-state index in [2.05, 4.69) is 42.8 Å². The first-order valence-corrected chi connectivity index (χ1v) is 7.84. The predicted molar refractivity (Wildman–Crippen MR) is 80.1 cm³/mol. The molecule has 3 heteroatoms. The standard InChI is InChI=1S/C15H33N3/c1-5-7-16-12-14(3)13-17-8-10-18(11-9-17)15(4)6-2/h14-16H,5-13H2,1-4H3. The first kappa shape index (κ1) is 15.9. The molecule has 3 nitrogen and oxygen atoms in total. The molecule has 1 rings (SSSR count). The van der Waals surface area contributed by atoms with Crippen molar-refractivity contribution >= 4 is 0 Å². The highest BCUT2D eigenvalue weighted by Crippen LogP contribution is 2.10. The Labute approximate surface area is 114 Å². The molecule has 0 spiro atoms. The van der Waals surface area contributed by atoms with Crippen molar-refractivity contribution in [2.45, 2.75) is 46.6 Å². The van der Waals surface area contributed by atoms with Crippen molar-refractivity contribution in [3.05, 3.63) is 0 Å². The second kappa shape index (κ2) is 8.89. The number of hydrogen-bond donors (Lipinski definition) is 1. The Kier molecular flexibility index (Phi) is 7.87. The molecule has 1 aliphatic rings. The second-order valence-electron chi connectivity index (χ2n) is 5.90. The van der Waals surface area contributed by atoms with Gasteiger partial charge < -0.3 is 10.2 Å². The van der Waals surface area contributed by atoms with E-state index in [-0.39, 0.29) is 0 Å².